The number of anilines is 2. The zero-order valence-electron chi connectivity index (χ0n) is 15.4. The highest BCUT2D eigenvalue weighted by Crippen LogP contribution is 2.23. The lowest BCUT2D eigenvalue weighted by Gasteiger charge is -2.18. The summed E-state index contributed by atoms with van der Waals surface area (Å²) >= 11 is 0. The molecule has 3 rings (SSSR count). The van der Waals surface area contributed by atoms with Gasteiger partial charge in [0.25, 0.3) is 0 Å². The SMILES string of the molecule is COc1ccc(CCC(=O)Nc2ccc(N3CCC(OC)C3)cc2)cc1. The lowest BCUT2D eigenvalue weighted by atomic mass is 10.1. The molecule has 2 aromatic rings. The molecule has 138 valence electrons. The van der Waals surface area contributed by atoms with Crippen molar-refractivity contribution in [3.63, 3.8) is 0 Å². The van der Waals surface area contributed by atoms with Crippen LogP contribution >= 0.6 is 0 Å². The number of amides is 1. The van der Waals surface area contributed by atoms with E-state index in [1.165, 1.54) is 5.69 Å². The first-order valence-corrected chi connectivity index (χ1v) is 8.98. The van der Waals surface area contributed by atoms with Gasteiger partial charge in [0, 0.05) is 38.0 Å². The number of carbonyl (C=O) groups is 1. The standard InChI is InChI=1S/C21H26N2O3/c1-25-19-10-3-16(4-11-19)5-12-21(24)22-17-6-8-18(9-7-17)23-14-13-20(15-23)26-2/h3-4,6-11,20H,5,12-15H2,1-2H3,(H,22,24). The summed E-state index contributed by atoms with van der Waals surface area (Å²) in [5.41, 5.74) is 3.12. The molecule has 0 saturated carbocycles. The zero-order valence-corrected chi connectivity index (χ0v) is 15.4. The topological polar surface area (TPSA) is 50.8 Å². The summed E-state index contributed by atoms with van der Waals surface area (Å²) in [6.45, 7) is 1.93. The minimum atomic E-state index is 0.0224. The van der Waals surface area contributed by atoms with Gasteiger partial charge in [-0.15, -0.1) is 0 Å². The normalized spacial score (nSPS) is 16.5. The van der Waals surface area contributed by atoms with Gasteiger partial charge in [0.05, 0.1) is 13.2 Å². The van der Waals surface area contributed by atoms with Crippen molar-refractivity contribution in [2.75, 3.05) is 37.5 Å². The molecule has 26 heavy (non-hydrogen) atoms. The second-order valence-corrected chi connectivity index (χ2v) is 6.54. The number of nitrogens with one attached hydrogen (secondary N) is 1. The van der Waals surface area contributed by atoms with Gasteiger partial charge >= 0.3 is 0 Å². The molecule has 0 aromatic heterocycles. The Labute approximate surface area is 154 Å². The molecule has 1 fully saturated rings. The predicted octanol–water partition coefficient (Wildman–Crippen LogP) is 3.49. The van der Waals surface area contributed by atoms with Gasteiger partial charge in [-0.1, -0.05) is 12.1 Å². The maximum absolute atomic E-state index is 12.2. The molecule has 5 nitrogen and oxygen atoms in total. The van der Waals surface area contributed by atoms with E-state index in [0.29, 0.717) is 18.9 Å². The Morgan fingerprint density at radius 3 is 2.46 bits per heavy atom. The van der Waals surface area contributed by atoms with Crippen LogP contribution in [0.5, 0.6) is 5.75 Å². The molecular weight excluding hydrogens is 328 g/mol. The third kappa shape index (κ3) is 4.76. The highest BCUT2D eigenvalue weighted by Gasteiger charge is 2.22. The Balaban J connectivity index is 1.48. The lowest BCUT2D eigenvalue weighted by Crippen LogP contribution is -2.22. The summed E-state index contributed by atoms with van der Waals surface area (Å²) in [6.07, 6.45) is 2.53. The van der Waals surface area contributed by atoms with Crippen LogP contribution < -0.4 is 15.0 Å². The monoisotopic (exact) mass is 354 g/mol. The van der Waals surface area contributed by atoms with Crippen molar-refractivity contribution in [2.45, 2.75) is 25.4 Å². The molecule has 1 aliphatic heterocycles. The molecule has 0 spiro atoms. The molecule has 5 heteroatoms. The Kier molecular flexibility index (Phi) is 6.12. The summed E-state index contributed by atoms with van der Waals surface area (Å²) in [6, 6.07) is 15.8. The number of ether oxygens (including phenoxy) is 2. The molecular formula is C21H26N2O3. The number of benzene rings is 2. The summed E-state index contributed by atoms with van der Waals surface area (Å²) in [7, 11) is 3.41. The molecule has 0 bridgehead atoms. The molecule has 0 radical (unpaired) electrons. The van der Waals surface area contributed by atoms with Gasteiger partial charge in [-0.2, -0.15) is 0 Å². The third-order valence-electron chi connectivity index (χ3n) is 4.79. The van der Waals surface area contributed by atoms with Crippen LogP contribution in [-0.4, -0.2) is 39.3 Å². The second-order valence-electron chi connectivity index (χ2n) is 6.54. The van der Waals surface area contributed by atoms with Crippen LogP contribution in [0.25, 0.3) is 0 Å². The van der Waals surface area contributed by atoms with E-state index >= 15 is 0 Å². The van der Waals surface area contributed by atoms with Gasteiger partial charge in [-0.05, 0) is 54.8 Å². The Morgan fingerprint density at radius 2 is 1.85 bits per heavy atom. The first-order valence-electron chi connectivity index (χ1n) is 8.98. The van der Waals surface area contributed by atoms with E-state index in [9.17, 15) is 4.79 Å². The minimum Gasteiger partial charge on any atom is -0.497 e. The predicted molar refractivity (Wildman–Crippen MR) is 104 cm³/mol. The summed E-state index contributed by atoms with van der Waals surface area (Å²) in [4.78, 5) is 14.5. The number of hydrogen-bond acceptors (Lipinski definition) is 4. The van der Waals surface area contributed by atoms with Crippen molar-refractivity contribution < 1.29 is 14.3 Å². The van der Waals surface area contributed by atoms with E-state index in [4.69, 9.17) is 9.47 Å². The van der Waals surface area contributed by atoms with Gasteiger partial charge in [0.2, 0.25) is 5.91 Å². The number of nitrogens with zero attached hydrogens (tertiary/aromatic N) is 1. The van der Waals surface area contributed by atoms with Crippen LogP contribution in [-0.2, 0) is 16.0 Å². The summed E-state index contributed by atoms with van der Waals surface area (Å²) in [5.74, 6) is 0.849. The molecule has 1 amide bonds. The van der Waals surface area contributed by atoms with E-state index in [-0.39, 0.29) is 5.91 Å². The number of hydrogen-bond donors (Lipinski definition) is 1. The fraction of sp³-hybridized carbons (Fsp3) is 0.381. The molecule has 2 aromatic carbocycles. The van der Waals surface area contributed by atoms with E-state index in [0.717, 1.165) is 36.5 Å². The largest absolute Gasteiger partial charge is 0.497 e. The molecule has 1 unspecified atom stereocenters. The highest BCUT2D eigenvalue weighted by atomic mass is 16.5. The van der Waals surface area contributed by atoms with Crippen molar-refractivity contribution in [2.24, 2.45) is 0 Å². The van der Waals surface area contributed by atoms with Crippen LogP contribution in [0.15, 0.2) is 48.5 Å². The number of methoxy groups -OCH3 is 2. The van der Waals surface area contributed by atoms with Crippen molar-refractivity contribution in [3.05, 3.63) is 54.1 Å². The van der Waals surface area contributed by atoms with Crippen molar-refractivity contribution in [3.8, 4) is 5.75 Å². The summed E-state index contributed by atoms with van der Waals surface area (Å²) in [5, 5.41) is 2.97. The van der Waals surface area contributed by atoms with Gasteiger partial charge in [-0.25, -0.2) is 0 Å². The zero-order chi connectivity index (χ0) is 18.4. The van der Waals surface area contributed by atoms with Gasteiger partial charge in [-0.3, -0.25) is 4.79 Å². The highest BCUT2D eigenvalue weighted by molar-refractivity contribution is 5.91. The van der Waals surface area contributed by atoms with Gasteiger partial charge in [0.1, 0.15) is 5.75 Å². The van der Waals surface area contributed by atoms with E-state index in [1.54, 1.807) is 14.2 Å². The molecule has 1 heterocycles. The molecule has 1 aliphatic rings. The average molecular weight is 354 g/mol. The van der Waals surface area contributed by atoms with Gasteiger partial charge < -0.3 is 19.7 Å². The maximum Gasteiger partial charge on any atom is 0.224 e. The molecule has 1 N–H and O–H groups in total. The minimum absolute atomic E-state index is 0.0224. The average Bonchev–Trinajstić information content (AvgIpc) is 3.16. The van der Waals surface area contributed by atoms with Crippen LogP contribution in [0, 0.1) is 0 Å². The Morgan fingerprint density at radius 1 is 1.12 bits per heavy atom. The number of aryl methyl sites for hydroxylation is 1. The first kappa shape index (κ1) is 18.3. The quantitative estimate of drug-likeness (QED) is 0.827. The molecule has 1 atom stereocenters. The van der Waals surface area contributed by atoms with E-state index in [1.807, 2.05) is 36.4 Å². The van der Waals surface area contributed by atoms with Crippen LogP contribution in [0.4, 0.5) is 11.4 Å². The number of carbonyl (C=O) groups excluding carboxylic acids is 1. The van der Waals surface area contributed by atoms with Crippen molar-refractivity contribution in [1.29, 1.82) is 0 Å². The Hall–Kier alpha value is -2.53. The fourth-order valence-corrected chi connectivity index (χ4v) is 3.18. The van der Waals surface area contributed by atoms with E-state index in [2.05, 4.69) is 22.3 Å². The van der Waals surface area contributed by atoms with Crippen LogP contribution in [0.1, 0.15) is 18.4 Å². The Bertz CT molecular complexity index is 713. The van der Waals surface area contributed by atoms with Crippen molar-refractivity contribution in [1.82, 2.24) is 0 Å². The van der Waals surface area contributed by atoms with Crippen LogP contribution in [0.2, 0.25) is 0 Å². The van der Waals surface area contributed by atoms with Crippen molar-refractivity contribution >= 4 is 17.3 Å². The molecule has 0 aliphatic carbocycles. The van der Waals surface area contributed by atoms with Gasteiger partial charge in [0.15, 0.2) is 0 Å². The maximum atomic E-state index is 12.2. The first-order chi connectivity index (χ1) is 12.7. The number of rotatable bonds is 7. The lowest BCUT2D eigenvalue weighted by molar-refractivity contribution is -0.116. The second kappa shape index (κ2) is 8.72. The molecule has 1 saturated heterocycles. The summed E-state index contributed by atoms with van der Waals surface area (Å²) < 4.78 is 10.6. The van der Waals surface area contributed by atoms with Crippen LogP contribution in [0.3, 0.4) is 0 Å². The fourth-order valence-electron chi connectivity index (χ4n) is 3.18. The smallest absolute Gasteiger partial charge is 0.224 e. The van der Waals surface area contributed by atoms with E-state index < -0.39 is 0 Å². The third-order valence-corrected chi connectivity index (χ3v) is 4.79.